The van der Waals surface area contributed by atoms with Gasteiger partial charge in [-0.05, 0) is 68.8 Å². The summed E-state index contributed by atoms with van der Waals surface area (Å²) in [6.07, 6.45) is 1.47. The van der Waals surface area contributed by atoms with Gasteiger partial charge in [0.05, 0.1) is 12.2 Å². The average Bonchev–Trinajstić information content (AvgIpc) is 3.35. The number of rotatable bonds is 7. The SMILES string of the molecule is Cc1ccccc1-c1noc(CN2CCC(C(=O)Nc3cc(Cl)ccc3Oc3ccccc3)CC2)n1. The summed E-state index contributed by atoms with van der Waals surface area (Å²) in [6, 6.07) is 22.7. The van der Waals surface area contributed by atoms with Crippen molar-refractivity contribution < 1.29 is 14.1 Å². The van der Waals surface area contributed by atoms with Crippen LogP contribution in [0.25, 0.3) is 11.4 Å². The van der Waals surface area contributed by atoms with E-state index in [1.807, 2.05) is 61.5 Å². The molecule has 1 N–H and O–H groups in total. The molecule has 0 bridgehead atoms. The van der Waals surface area contributed by atoms with Crippen molar-refractivity contribution in [3.8, 4) is 22.9 Å². The van der Waals surface area contributed by atoms with Gasteiger partial charge in [-0.15, -0.1) is 0 Å². The van der Waals surface area contributed by atoms with E-state index in [0.717, 1.165) is 37.1 Å². The molecule has 0 saturated carbocycles. The summed E-state index contributed by atoms with van der Waals surface area (Å²) in [7, 11) is 0. The lowest BCUT2D eigenvalue weighted by Gasteiger charge is -2.30. The van der Waals surface area contributed by atoms with Crippen molar-refractivity contribution in [1.82, 2.24) is 15.0 Å². The van der Waals surface area contributed by atoms with E-state index in [2.05, 4.69) is 20.4 Å². The first-order valence-corrected chi connectivity index (χ1v) is 12.4. The van der Waals surface area contributed by atoms with E-state index in [4.69, 9.17) is 20.9 Å². The zero-order valence-electron chi connectivity index (χ0n) is 20.0. The number of aryl methyl sites for hydroxylation is 1. The molecule has 36 heavy (non-hydrogen) atoms. The molecule has 184 valence electrons. The maximum atomic E-state index is 13.1. The molecule has 1 fully saturated rings. The minimum Gasteiger partial charge on any atom is -0.455 e. The normalized spacial score (nSPS) is 14.5. The highest BCUT2D eigenvalue weighted by atomic mass is 35.5. The zero-order valence-corrected chi connectivity index (χ0v) is 20.7. The molecule has 7 nitrogen and oxygen atoms in total. The molecular weight excluding hydrogens is 476 g/mol. The smallest absolute Gasteiger partial charge is 0.241 e. The zero-order chi connectivity index (χ0) is 24.9. The van der Waals surface area contributed by atoms with Gasteiger partial charge >= 0.3 is 0 Å². The molecule has 4 aromatic rings. The molecule has 1 aromatic heterocycles. The maximum absolute atomic E-state index is 13.1. The fourth-order valence-electron chi connectivity index (χ4n) is 4.34. The lowest BCUT2D eigenvalue weighted by Crippen LogP contribution is -2.37. The topological polar surface area (TPSA) is 80.5 Å². The number of carbonyl (C=O) groups excluding carboxylic acids is 1. The van der Waals surface area contributed by atoms with Crippen LogP contribution in [0.4, 0.5) is 5.69 Å². The van der Waals surface area contributed by atoms with Crippen LogP contribution in [0.2, 0.25) is 5.02 Å². The number of anilines is 1. The maximum Gasteiger partial charge on any atom is 0.241 e. The molecule has 2 heterocycles. The van der Waals surface area contributed by atoms with Crippen molar-refractivity contribution in [2.45, 2.75) is 26.3 Å². The third kappa shape index (κ3) is 5.75. The molecule has 1 aliphatic heterocycles. The Kier molecular flexibility index (Phi) is 7.30. The van der Waals surface area contributed by atoms with Crippen molar-refractivity contribution in [3.05, 3.63) is 89.3 Å². The molecule has 3 aromatic carbocycles. The van der Waals surface area contributed by atoms with Crippen LogP contribution in [0.1, 0.15) is 24.3 Å². The number of carbonyl (C=O) groups is 1. The lowest BCUT2D eigenvalue weighted by molar-refractivity contribution is -0.121. The number of hydrogen-bond acceptors (Lipinski definition) is 6. The van der Waals surface area contributed by atoms with Gasteiger partial charge in [0.15, 0.2) is 5.75 Å². The summed E-state index contributed by atoms with van der Waals surface area (Å²) in [6.45, 7) is 4.13. The number of benzene rings is 3. The van der Waals surface area contributed by atoms with Gasteiger partial charge in [-0.1, -0.05) is 59.2 Å². The van der Waals surface area contributed by atoms with Crippen LogP contribution < -0.4 is 10.1 Å². The van der Waals surface area contributed by atoms with Gasteiger partial charge in [0.2, 0.25) is 17.6 Å². The first kappa shape index (κ1) is 24.0. The van der Waals surface area contributed by atoms with Crippen molar-refractivity contribution in [2.24, 2.45) is 5.92 Å². The number of halogens is 1. The highest BCUT2D eigenvalue weighted by Gasteiger charge is 2.27. The van der Waals surface area contributed by atoms with Gasteiger partial charge in [0.1, 0.15) is 5.75 Å². The molecule has 8 heteroatoms. The Hall–Kier alpha value is -3.68. The Bertz CT molecular complexity index is 1330. The number of amides is 1. The second kappa shape index (κ2) is 10.9. The lowest BCUT2D eigenvalue weighted by atomic mass is 9.96. The Morgan fingerprint density at radius 2 is 1.83 bits per heavy atom. The van der Waals surface area contributed by atoms with Crippen molar-refractivity contribution >= 4 is 23.2 Å². The first-order chi connectivity index (χ1) is 17.5. The summed E-state index contributed by atoms with van der Waals surface area (Å²) in [5.41, 5.74) is 2.64. The summed E-state index contributed by atoms with van der Waals surface area (Å²) in [4.78, 5) is 19.9. The third-order valence-electron chi connectivity index (χ3n) is 6.34. The van der Waals surface area contributed by atoms with E-state index in [-0.39, 0.29) is 11.8 Å². The molecule has 1 amide bonds. The molecular formula is C28H27ClN4O3. The van der Waals surface area contributed by atoms with Gasteiger partial charge in [-0.25, -0.2) is 0 Å². The van der Waals surface area contributed by atoms with Crippen molar-refractivity contribution in [2.75, 3.05) is 18.4 Å². The van der Waals surface area contributed by atoms with E-state index < -0.39 is 0 Å². The molecule has 0 atom stereocenters. The van der Waals surface area contributed by atoms with E-state index >= 15 is 0 Å². The number of para-hydroxylation sites is 1. The molecule has 1 aliphatic rings. The fraction of sp³-hybridized carbons (Fsp3) is 0.250. The second-order valence-electron chi connectivity index (χ2n) is 8.92. The molecule has 0 aliphatic carbocycles. The minimum atomic E-state index is -0.102. The number of nitrogens with one attached hydrogen (secondary N) is 1. The van der Waals surface area contributed by atoms with Crippen LogP contribution in [0.3, 0.4) is 0 Å². The molecule has 0 unspecified atom stereocenters. The monoisotopic (exact) mass is 502 g/mol. The molecule has 0 spiro atoms. The number of ether oxygens (including phenoxy) is 1. The molecule has 0 radical (unpaired) electrons. The van der Waals surface area contributed by atoms with Gasteiger partial charge < -0.3 is 14.6 Å². The third-order valence-corrected chi connectivity index (χ3v) is 6.58. The summed E-state index contributed by atoms with van der Waals surface area (Å²) in [5.74, 6) is 2.29. The van der Waals surface area contributed by atoms with Crippen LogP contribution >= 0.6 is 11.6 Å². The van der Waals surface area contributed by atoms with E-state index in [1.54, 1.807) is 18.2 Å². The van der Waals surface area contributed by atoms with Gasteiger partial charge in [0, 0.05) is 16.5 Å². The highest BCUT2D eigenvalue weighted by Crippen LogP contribution is 2.33. The summed E-state index contributed by atoms with van der Waals surface area (Å²) < 4.78 is 11.5. The number of likely N-dealkylation sites (tertiary alicyclic amines) is 1. The second-order valence-corrected chi connectivity index (χ2v) is 9.36. The standard InChI is InChI=1S/C28H27ClN4O3/c1-19-7-5-6-10-23(19)27-31-26(36-32-27)18-33-15-13-20(14-16-33)28(34)30-24-17-21(29)11-12-25(24)35-22-8-3-2-4-9-22/h2-12,17,20H,13-16,18H2,1H3,(H,30,34). The summed E-state index contributed by atoms with van der Waals surface area (Å²) in [5, 5.41) is 7.71. The number of aromatic nitrogens is 2. The van der Waals surface area contributed by atoms with Crippen molar-refractivity contribution in [1.29, 1.82) is 0 Å². The Balaban J connectivity index is 1.17. The van der Waals surface area contributed by atoms with Crippen LogP contribution in [0.5, 0.6) is 11.5 Å². The number of nitrogens with zero attached hydrogens (tertiary/aromatic N) is 3. The van der Waals surface area contributed by atoms with Crippen molar-refractivity contribution in [3.63, 3.8) is 0 Å². The fourth-order valence-corrected chi connectivity index (χ4v) is 4.51. The van der Waals surface area contributed by atoms with Gasteiger partial charge in [-0.3, -0.25) is 9.69 Å². The molecule has 5 rings (SSSR count). The highest BCUT2D eigenvalue weighted by molar-refractivity contribution is 6.31. The Morgan fingerprint density at radius 3 is 2.61 bits per heavy atom. The first-order valence-electron chi connectivity index (χ1n) is 12.0. The molecule has 1 saturated heterocycles. The number of hydrogen-bond donors (Lipinski definition) is 1. The quantitative estimate of drug-likeness (QED) is 0.317. The van der Waals surface area contributed by atoms with Gasteiger partial charge in [-0.2, -0.15) is 4.98 Å². The average molecular weight is 503 g/mol. The van der Waals surface area contributed by atoms with Crippen LogP contribution in [-0.2, 0) is 11.3 Å². The van der Waals surface area contributed by atoms with Gasteiger partial charge in [0.25, 0.3) is 0 Å². The number of piperidine rings is 1. The minimum absolute atomic E-state index is 0.0329. The largest absolute Gasteiger partial charge is 0.455 e. The Morgan fingerprint density at radius 1 is 1.08 bits per heavy atom. The summed E-state index contributed by atoms with van der Waals surface area (Å²) >= 11 is 6.20. The Labute approximate surface area is 215 Å². The van der Waals surface area contributed by atoms with Crippen LogP contribution in [0.15, 0.2) is 77.3 Å². The predicted octanol–water partition coefficient (Wildman–Crippen LogP) is 6.34. The van der Waals surface area contributed by atoms with E-state index in [9.17, 15) is 4.79 Å². The van der Waals surface area contributed by atoms with Crippen LogP contribution in [-0.4, -0.2) is 34.0 Å². The van der Waals surface area contributed by atoms with E-state index in [0.29, 0.717) is 40.5 Å². The van der Waals surface area contributed by atoms with E-state index in [1.165, 1.54) is 0 Å². The van der Waals surface area contributed by atoms with Crippen LogP contribution in [0, 0.1) is 12.8 Å². The predicted molar refractivity (Wildman–Crippen MR) is 139 cm³/mol.